The molecule has 0 radical (unpaired) electrons. The maximum absolute atomic E-state index is 15.9. The van der Waals surface area contributed by atoms with Gasteiger partial charge in [0.2, 0.25) is 0 Å². The Labute approximate surface area is 177 Å². The Morgan fingerprint density at radius 2 is 1.67 bits per heavy atom. The first-order chi connectivity index (χ1) is 13.8. The molecule has 1 aromatic heterocycles. The van der Waals surface area contributed by atoms with Crippen LogP contribution in [0.5, 0.6) is 5.75 Å². The third kappa shape index (κ3) is 3.35. The molecule has 2 aliphatic rings. The van der Waals surface area contributed by atoms with Crippen LogP contribution in [-0.4, -0.2) is 46.9 Å². The van der Waals surface area contributed by atoms with E-state index < -0.39 is 23.9 Å². The van der Waals surface area contributed by atoms with Crippen LogP contribution in [0.3, 0.4) is 0 Å². The molecule has 1 aromatic carbocycles. The SMILES string of the molecule is Cc1nn(C)c(C)c1-c1cc(OC2(C)COC2)cc(B2OC(C)(C)C(C)(C)O2)c1F. The quantitative estimate of drug-likeness (QED) is 0.716. The monoisotopic (exact) mass is 416 g/mol. The second-order valence-electron chi connectivity index (χ2n) is 9.68. The van der Waals surface area contributed by atoms with Crippen molar-refractivity contribution < 1.29 is 23.2 Å². The molecule has 4 rings (SSSR count). The van der Waals surface area contributed by atoms with E-state index >= 15 is 4.39 Å². The number of nitrogens with zero attached hydrogens (tertiary/aromatic N) is 2. The van der Waals surface area contributed by atoms with Crippen molar-refractivity contribution in [3.63, 3.8) is 0 Å². The van der Waals surface area contributed by atoms with Crippen molar-refractivity contribution in [1.29, 1.82) is 0 Å². The van der Waals surface area contributed by atoms with Gasteiger partial charge in [-0.3, -0.25) is 4.68 Å². The summed E-state index contributed by atoms with van der Waals surface area (Å²) in [7, 11) is 1.02. The highest BCUT2D eigenvalue weighted by Gasteiger charge is 2.53. The lowest BCUT2D eigenvalue weighted by Gasteiger charge is -2.38. The minimum absolute atomic E-state index is 0.327. The summed E-state index contributed by atoms with van der Waals surface area (Å²) in [5, 5.41) is 4.46. The zero-order valence-corrected chi connectivity index (χ0v) is 19.1. The van der Waals surface area contributed by atoms with Crippen molar-refractivity contribution in [2.75, 3.05) is 13.2 Å². The van der Waals surface area contributed by atoms with Crippen LogP contribution >= 0.6 is 0 Å². The van der Waals surface area contributed by atoms with E-state index in [1.807, 2.05) is 55.5 Å². The van der Waals surface area contributed by atoms with Gasteiger partial charge < -0.3 is 18.8 Å². The first kappa shape index (κ1) is 21.3. The molecule has 2 aromatic rings. The Morgan fingerprint density at radius 1 is 1.07 bits per heavy atom. The molecule has 0 amide bonds. The average Bonchev–Trinajstić information content (AvgIpc) is 2.98. The van der Waals surface area contributed by atoms with Gasteiger partial charge in [0.05, 0.1) is 30.1 Å². The van der Waals surface area contributed by atoms with Crippen LogP contribution in [0.2, 0.25) is 0 Å². The summed E-state index contributed by atoms with van der Waals surface area (Å²) >= 11 is 0. The fourth-order valence-electron chi connectivity index (χ4n) is 3.90. The fourth-order valence-corrected chi connectivity index (χ4v) is 3.90. The van der Waals surface area contributed by atoms with E-state index in [9.17, 15) is 0 Å². The first-order valence-corrected chi connectivity index (χ1v) is 10.3. The van der Waals surface area contributed by atoms with Crippen LogP contribution in [0.25, 0.3) is 11.1 Å². The summed E-state index contributed by atoms with van der Waals surface area (Å²) in [4.78, 5) is 0. The second-order valence-corrected chi connectivity index (χ2v) is 9.68. The zero-order chi connectivity index (χ0) is 22.1. The molecule has 0 bridgehead atoms. The molecule has 2 aliphatic heterocycles. The Kier molecular flexibility index (Phi) is 4.84. The van der Waals surface area contributed by atoms with Gasteiger partial charge in [-0.15, -0.1) is 0 Å². The molecule has 3 heterocycles. The molecule has 0 saturated carbocycles. The van der Waals surface area contributed by atoms with Gasteiger partial charge in [0.1, 0.15) is 11.6 Å². The number of benzene rings is 1. The summed E-state index contributed by atoms with van der Waals surface area (Å²) in [5.74, 6) is 0.180. The van der Waals surface area contributed by atoms with E-state index in [1.54, 1.807) is 16.8 Å². The van der Waals surface area contributed by atoms with Gasteiger partial charge in [0.15, 0.2) is 5.60 Å². The summed E-state index contributed by atoms with van der Waals surface area (Å²) < 4.78 is 41.5. The van der Waals surface area contributed by atoms with Crippen molar-refractivity contribution >= 4 is 12.6 Å². The molecule has 2 saturated heterocycles. The van der Waals surface area contributed by atoms with E-state index in [0.29, 0.717) is 30.0 Å². The smallest absolute Gasteiger partial charge is 0.483 e. The van der Waals surface area contributed by atoms with Crippen LogP contribution in [0, 0.1) is 19.7 Å². The molecule has 162 valence electrons. The largest absolute Gasteiger partial charge is 0.498 e. The predicted octanol–water partition coefficient (Wildman–Crippen LogP) is 3.31. The Bertz CT molecular complexity index is 982. The van der Waals surface area contributed by atoms with Gasteiger partial charge in [0.25, 0.3) is 0 Å². The molecule has 0 spiro atoms. The number of halogens is 1. The Hall–Kier alpha value is -1.90. The number of ether oxygens (including phenoxy) is 2. The molecule has 8 heteroatoms. The Balaban J connectivity index is 1.85. The maximum atomic E-state index is 15.9. The molecule has 2 fully saturated rings. The van der Waals surface area contributed by atoms with Gasteiger partial charge in [-0.2, -0.15) is 5.10 Å². The van der Waals surface area contributed by atoms with Crippen molar-refractivity contribution in [3.05, 3.63) is 29.3 Å². The summed E-state index contributed by atoms with van der Waals surface area (Å²) in [6, 6.07) is 3.43. The van der Waals surface area contributed by atoms with Crippen LogP contribution in [0.1, 0.15) is 46.0 Å². The number of aromatic nitrogens is 2. The zero-order valence-electron chi connectivity index (χ0n) is 19.1. The van der Waals surface area contributed by atoms with Crippen LogP contribution in [-0.2, 0) is 21.1 Å². The van der Waals surface area contributed by atoms with E-state index in [4.69, 9.17) is 18.8 Å². The highest BCUT2D eigenvalue weighted by atomic mass is 19.1. The van der Waals surface area contributed by atoms with Crippen LogP contribution in [0.15, 0.2) is 12.1 Å². The maximum Gasteiger partial charge on any atom is 0.498 e. The topological polar surface area (TPSA) is 54.7 Å². The molecule has 0 atom stereocenters. The van der Waals surface area contributed by atoms with E-state index in [0.717, 1.165) is 17.0 Å². The normalized spacial score (nSPS) is 21.6. The van der Waals surface area contributed by atoms with Gasteiger partial charge in [-0.05, 0) is 60.6 Å². The minimum atomic E-state index is -0.833. The molecule has 6 nitrogen and oxygen atoms in total. The highest BCUT2D eigenvalue weighted by molar-refractivity contribution is 6.62. The van der Waals surface area contributed by atoms with E-state index in [2.05, 4.69) is 5.10 Å². The van der Waals surface area contributed by atoms with Crippen molar-refractivity contribution in [2.45, 2.75) is 65.3 Å². The van der Waals surface area contributed by atoms with Crippen molar-refractivity contribution in [2.24, 2.45) is 7.05 Å². The number of hydrogen-bond donors (Lipinski definition) is 0. The molecule has 0 aliphatic carbocycles. The predicted molar refractivity (Wildman–Crippen MR) is 114 cm³/mol. The second kappa shape index (κ2) is 6.80. The Morgan fingerprint density at radius 3 is 2.13 bits per heavy atom. The summed E-state index contributed by atoms with van der Waals surface area (Å²) in [5.41, 5.74) is 1.57. The molecule has 0 unspecified atom stereocenters. The van der Waals surface area contributed by atoms with Crippen molar-refractivity contribution in [3.8, 4) is 16.9 Å². The standard InChI is InChI=1S/C22H30BFN2O4/c1-13-18(14(2)26(8)25-13)16-9-15(28-22(7)11-27-12-22)10-17(19(16)24)23-29-20(3,4)21(5,6)30-23/h9-10H,11-12H2,1-8H3. The minimum Gasteiger partial charge on any atom is -0.483 e. The number of aryl methyl sites for hydroxylation is 2. The lowest BCUT2D eigenvalue weighted by molar-refractivity contribution is -0.149. The van der Waals surface area contributed by atoms with Crippen LogP contribution < -0.4 is 10.2 Å². The summed E-state index contributed by atoms with van der Waals surface area (Å²) in [6.07, 6.45) is 0. The highest BCUT2D eigenvalue weighted by Crippen LogP contribution is 2.39. The lowest BCUT2D eigenvalue weighted by atomic mass is 9.77. The van der Waals surface area contributed by atoms with Gasteiger partial charge in [-0.25, -0.2) is 4.39 Å². The lowest BCUT2D eigenvalue weighted by Crippen LogP contribution is -2.51. The van der Waals surface area contributed by atoms with Crippen molar-refractivity contribution in [1.82, 2.24) is 9.78 Å². The van der Waals surface area contributed by atoms with Gasteiger partial charge in [-0.1, -0.05) is 0 Å². The molecule has 0 N–H and O–H groups in total. The number of rotatable bonds is 4. The summed E-state index contributed by atoms with van der Waals surface area (Å²) in [6.45, 7) is 14.6. The third-order valence-electron chi connectivity index (χ3n) is 6.54. The fraction of sp³-hybridized carbons (Fsp3) is 0.591. The van der Waals surface area contributed by atoms with Gasteiger partial charge in [0, 0.05) is 29.3 Å². The van der Waals surface area contributed by atoms with Crippen LogP contribution in [0.4, 0.5) is 4.39 Å². The third-order valence-corrected chi connectivity index (χ3v) is 6.54. The van der Waals surface area contributed by atoms with Gasteiger partial charge >= 0.3 is 7.12 Å². The van der Waals surface area contributed by atoms with E-state index in [-0.39, 0.29) is 5.82 Å². The molecular weight excluding hydrogens is 386 g/mol. The molecule has 30 heavy (non-hydrogen) atoms. The number of hydrogen-bond acceptors (Lipinski definition) is 5. The molecular formula is C22H30BFN2O4. The van der Waals surface area contributed by atoms with E-state index in [1.165, 1.54) is 0 Å². The average molecular weight is 416 g/mol. The first-order valence-electron chi connectivity index (χ1n) is 10.3.